The smallest absolute Gasteiger partial charge is 0.231 e. The number of rotatable bonds is 3. The first-order valence-corrected chi connectivity index (χ1v) is 9.30. The molecule has 24 heavy (non-hydrogen) atoms. The molecule has 1 amide bonds. The Bertz CT molecular complexity index is 590. The standard InChI is InChI=1S/C19H26N2O3/c22-19(16-4-2-1-3-5-16)21-10-8-20(9-11-21)13-15-6-7-17-18(12-15)24-14-23-17/h6-7,12,16H,1-5,8-11,13-14H2/p+1. The van der Waals surface area contributed by atoms with Crippen molar-refractivity contribution in [1.82, 2.24) is 4.90 Å². The lowest BCUT2D eigenvalue weighted by atomic mass is 9.88. The Kier molecular flexibility index (Phi) is 4.60. The van der Waals surface area contributed by atoms with Gasteiger partial charge in [-0.2, -0.15) is 0 Å². The Hall–Kier alpha value is -1.75. The summed E-state index contributed by atoms with van der Waals surface area (Å²) in [5.74, 6) is 2.42. The molecule has 4 rings (SSSR count). The van der Waals surface area contributed by atoms with Crippen molar-refractivity contribution in [3.05, 3.63) is 23.8 Å². The fraction of sp³-hybridized carbons (Fsp3) is 0.632. The summed E-state index contributed by atoms with van der Waals surface area (Å²) >= 11 is 0. The van der Waals surface area contributed by atoms with Crippen LogP contribution in [0.15, 0.2) is 18.2 Å². The molecule has 5 heteroatoms. The molecular formula is C19H27N2O3+. The van der Waals surface area contributed by atoms with Crippen LogP contribution in [0.1, 0.15) is 37.7 Å². The van der Waals surface area contributed by atoms with E-state index < -0.39 is 0 Å². The van der Waals surface area contributed by atoms with Crippen LogP contribution in [0.2, 0.25) is 0 Å². The van der Waals surface area contributed by atoms with Crippen LogP contribution in [0, 0.1) is 5.92 Å². The molecule has 0 aromatic heterocycles. The second-order valence-corrected chi connectivity index (χ2v) is 7.27. The average Bonchev–Trinajstić information content (AvgIpc) is 3.10. The first kappa shape index (κ1) is 15.8. The molecule has 0 radical (unpaired) electrons. The van der Waals surface area contributed by atoms with E-state index in [0.29, 0.717) is 18.6 Å². The molecule has 2 heterocycles. The summed E-state index contributed by atoms with van der Waals surface area (Å²) in [5, 5.41) is 0. The number of hydrogen-bond acceptors (Lipinski definition) is 3. The minimum absolute atomic E-state index is 0.300. The van der Waals surface area contributed by atoms with E-state index >= 15 is 0 Å². The number of nitrogens with one attached hydrogen (secondary N) is 1. The number of carbonyl (C=O) groups is 1. The second-order valence-electron chi connectivity index (χ2n) is 7.27. The van der Waals surface area contributed by atoms with Gasteiger partial charge in [0.15, 0.2) is 11.5 Å². The van der Waals surface area contributed by atoms with Gasteiger partial charge in [-0.15, -0.1) is 0 Å². The van der Waals surface area contributed by atoms with Gasteiger partial charge in [0.1, 0.15) is 6.54 Å². The van der Waals surface area contributed by atoms with Crippen LogP contribution in [0.4, 0.5) is 0 Å². The van der Waals surface area contributed by atoms with Crippen molar-refractivity contribution in [3.8, 4) is 11.5 Å². The molecule has 1 aromatic carbocycles. The SMILES string of the molecule is O=C(C1CCCCC1)N1CC[NH+](Cc2ccc3c(c2)OCO3)CC1. The van der Waals surface area contributed by atoms with Crippen molar-refractivity contribution in [1.29, 1.82) is 0 Å². The van der Waals surface area contributed by atoms with Gasteiger partial charge >= 0.3 is 0 Å². The van der Waals surface area contributed by atoms with E-state index in [1.165, 1.54) is 24.8 Å². The maximum Gasteiger partial charge on any atom is 0.231 e. The van der Waals surface area contributed by atoms with Gasteiger partial charge in [-0.25, -0.2) is 0 Å². The lowest BCUT2D eigenvalue weighted by molar-refractivity contribution is -0.917. The minimum Gasteiger partial charge on any atom is -0.454 e. The lowest BCUT2D eigenvalue weighted by Gasteiger charge is -2.35. The van der Waals surface area contributed by atoms with Crippen LogP contribution in [-0.4, -0.2) is 43.8 Å². The first-order valence-electron chi connectivity index (χ1n) is 9.30. The van der Waals surface area contributed by atoms with Crippen LogP contribution in [0.25, 0.3) is 0 Å². The number of nitrogens with zero attached hydrogens (tertiary/aromatic N) is 1. The molecule has 2 aliphatic heterocycles. The first-order chi connectivity index (χ1) is 11.8. The zero-order valence-corrected chi connectivity index (χ0v) is 14.3. The van der Waals surface area contributed by atoms with Gasteiger partial charge < -0.3 is 19.3 Å². The van der Waals surface area contributed by atoms with E-state index in [4.69, 9.17) is 9.47 Å². The van der Waals surface area contributed by atoms with Crippen molar-refractivity contribution >= 4 is 5.91 Å². The van der Waals surface area contributed by atoms with E-state index in [-0.39, 0.29) is 0 Å². The number of fused-ring (bicyclic) bond motifs is 1. The Morgan fingerprint density at radius 3 is 2.62 bits per heavy atom. The highest BCUT2D eigenvalue weighted by Crippen LogP contribution is 2.32. The molecule has 1 saturated carbocycles. The zero-order valence-electron chi connectivity index (χ0n) is 14.3. The number of amides is 1. The molecule has 1 N–H and O–H groups in total. The third-order valence-electron chi connectivity index (χ3n) is 5.63. The third kappa shape index (κ3) is 3.36. The second kappa shape index (κ2) is 7.01. The fourth-order valence-corrected chi connectivity index (χ4v) is 4.17. The van der Waals surface area contributed by atoms with Gasteiger partial charge in [-0.3, -0.25) is 4.79 Å². The Morgan fingerprint density at radius 2 is 1.83 bits per heavy atom. The number of ether oxygens (including phenoxy) is 2. The van der Waals surface area contributed by atoms with Gasteiger partial charge in [0.2, 0.25) is 12.7 Å². The van der Waals surface area contributed by atoms with Crippen LogP contribution >= 0.6 is 0 Å². The van der Waals surface area contributed by atoms with Gasteiger partial charge in [-0.05, 0) is 31.0 Å². The predicted octanol–water partition coefficient (Wildman–Crippen LogP) is 1.22. The van der Waals surface area contributed by atoms with Gasteiger partial charge in [0.25, 0.3) is 0 Å². The normalized spacial score (nSPS) is 21.9. The van der Waals surface area contributed by atoms with Crippen LogP contribution in [-0.2, 0) is 11.3 Å². The van der Waals surface area contributed by atoms with E-state index in [2.05, 4.69) is 17.0 Å². The van der Waals surface area contributed by atoms with Crippen molar-refractivity contribution in [2.75, 3.05) is 33.0 Å². The topological polar surface area (TPSA) is 43.2 Å². The maximum atomic E-state index is 12.6. The summed E-state index contributed by atoms with van der Waals surface area (Å²) in [5.41, 5.74) is 1.28. The molecule has 0 spiro atoms. The monoisotopic (exact) mass is 331 g/mol. The molecule has 3 aliphatic rings. The number of piperazine rings is 1. The highest BCUT2D eigenvalue weighted by molar-refractivity contribution is 5.79. The molecule has 5 nitrogen and oxygen atoms in total. The van der Waals surface area contributed by atoms with E-state index in [1.807, 2.05) is 6.07 Å². The summed E-state index contributed by atoms with van der Waals surface area (Å²) in [7, 11) is 0. The highest BCUT2D eigenvalue weighted by Gasteiger charge is 2.30. The lowest BCUT2D eigenvalue weighted by Crippen LogP contribution is -3.13. The number of carbonyl (C=O) groups excluding carboxylic acids is 1. The minimum atomic E-state index is 0.300. The summed E-state index contributed by atoms with van der Waals surface area (Å²) in [6.07, 6.45) is 5.96. The summed E-state index contributed by atoms with van der Waals surface area (Å²) in [6, 6.07) is 6.22. The van der Waals surface area contributed by atoms with Gasteiger partial charge in [0.05, 0.1) is 26.2 Å². The average molecular weight is 331 g/mol. The fourth-order valence-electron chi connectivity index (χ4n) is 4.17. The van der Waals surface area contributed by atoms with Gasteiger partial charge in [-0.1, -0.05) is 19.3 Å². The maximum absolute atomic E-state index is 12.6. The summed E-state index contributed by atoms with van der Waals surface area (Å²) < 4.78 is 10.8. The molecule has 1 saturated heterocycles. The predicted molar refractivity (Wildman–Crippen MR) is 90.1 cm³/mol. The molecule has 2 fully saturated rings. The van der Waals surface area contributed by atoms with E-state index in [9.17, 15) is 4.79 Å². The third-order valence-corrected chi connectivity index (χ3v) is 5.63. The molecule has 0 atom stereocenters. The summed E-state index contributed by atoms with van der Waals surface area (Å²) in [4.78, 5) is 16.3. The summed E-state index contributed by atoms with van der Waals surface area (Å²) in [6.45, 7) is 5.18. The molecular weight excluding hydrogens is 304 g/mol. The van der Waals surface area contributed by atoms with E-state index in [0.717, 1.165) is 57.1 Å². The number of quaternary nitrogens is 1. The number of hydrogen-bond donors (Lipinski definition) is 1. The van der Waals surface area contributed by atoms with Crippen molar-refractivity contribution in [2.24, 2.45) is 5.92 Å². The van der Waals surface area contributed by atoms with Gasteiger partial charge in [0, 0.05) is 11.5 Å². The van der Waals surface area contributed by atoms with Crippen molar-refractivity contribution < 1.29 is 19.2 Å². The Balaban J connectivity index is 1.29. The molecule has 130 valence electrons. The zero-order chi connectivity index (χ0) is 16.4. The molecule has 0 bridgehead atoms. The molecule has 0 unspecified atom stereocenters. The quantitative estimate of drug-likeness (QED) is 0.906. The Labute approximate surface area is 143 Å². The van der Waals surface area contributed by atoms with Crippen molar-refractivity contribution in [3.63, 3.8) is 0 Å². The number of benzene rings is 1. The van der Waals surface area contributed by atoms with E-state index in [1.54, 1.807) is 4.90 Å². The largest absolute Gasteiger partial charge is 0.454 e. The molecule has 1 aromatic rings. The molecule has 1 aliphatic carbocycles. The van der Waals surface area contributed by atoms with Crippen LogP contribution < -0.4 is 14.4 Å². The highest BCUT2D eigenvalue weighted by atomic mass is 16.7. The van der Waals surface area contributed by atoms with Crippen molar-refractivity contribution in [2.45, 2.75) is 38.6 Å². The van der Waals surface area contributed by atoms with Crippen LogP contribution in [0.3, 0.4) is 0 Å². The van der Waals surface area contributed by atoms with Crippen LogP contribution in [0.5, 0.6) is 11.5 Å². The Morgan fingerprint density at radius 1 is 1.08 bits per heavy atom.